The van der Waals surface area contributed by atoms with Crippen molar-refractivity contribution in [2.24, 2.45) is 5.73 Å². The number of carbonyl (C=O) groups is 2. The van der Waals surface area contributed by atoms with E-state index in [1.807, 2.05) is 19.9 Å². The Balaban J connectivity index is 1.41. The van der Waals surface area contributed by atoms with E-state index < -0.39 is 11.8 Å². The number of pyridine rings is 1. The third kappa shape index (κ3) is 3.62. The van der Waals surface area contributed by atoms with Gasteiger partial charge in [0.25, 0.3) is 5.91 Å². The number of aryl methyl sites for hydroxylation is 1. The molecule has 1 saturated carbocycles. The molecule has 0 radical (unpaired) electrons. The maximum absolute atomic E-state index is 13.0. The zero-order chi connectivity index (χ0) is 22.4. The summed E-state index contributed by atoms with van der Waals surface area (Å²) in [6.07, 6.45) is 2.29. The van der Waals surface area contributed by atoms with Crippen molar-refractivity contribution < 1.29 is 14.1 Å². The molecule has 0 unspecified atom stereocenters. The first-order chi connectivity index (χ1) is 15.4. The molecule has 0 aliphatic heterocycles. The van der Waals surface area contributed by atoms with Crippen LogP contribution in [0.5, 0.6) is 0 Å². The minimum Gasteiger partial charge on any atom is -0.366 e. The molecule has 0 saturated heterocycles. The van der Waals surface area contributed by atoms with Crippen LogP contribution in [0.4, 0.5) is 5.69 Å². The number of nitrogens with two attached hydrogens (primary N) is 1. The molecule has 0 atom stereocenters. The van der Waals surface area contributed by atoms with Gasteiger partial charge in [-0.15, -0.1) is 0 Å². The van der Waals surface area contributed by atoms with E-state index in [0.717, 1.165) is 30.0 Å². The second-order valence-electron chi connectivity index (χ2n) is 8.09. The van der Waals surface area contributed by atoms with Crippen molar-refractivity contribution in [3.8, 4) is 0 Å². The number of primary amides is 1. The number of fused-ring (bicyclic) bond motifs is 1. The van der Waals surface area contributed by atoms with Crippen molar-refractivity contribution in [1.29, 1.82) is 0 Å². The van der Waals surface area contributed by atoms with E-state index in [4.69, 9.17) is 10.3 Å². The number of benzene rings is 1. The smallest absolute Gasteiger partial charge is 0.274 e. The summed E-state index contributed by atoms with van der Waals surface area (Å²) < 4.78 is 7.20. The van der Waals surface area contributed by atoms with E-state index in [-0.39, 0.29) is 11.3 Å². The fourth-order valence-electron chi connectivity index (χ4n) is 3.82. The van der Waals surface area contributed by atoms with Gasteiger partial charge < -0.3 is 15.6 Å². The third-order valence-electron chi connectivity index (χ3n) is 5.70. The molecule has 32 heavy (non-hydrogen) atoms. The molecule has 0 bridgehead atoms. The molecule has 2 amide bonds. The number of aromatic nitrogens is 4. The first-order valence-corrected chi connectivity index (χ1v) is 10.4. The summed E-state index contributed by atoms with van der Waals surface area (Å²) in [4.78, 5) is 29.3. The Labute approximate surface area is 183 Å². The van der Waals surface area contributed by atoms with Gasteiger partial charge in [0.2, 0.25) is 5.91 Å². The molecular weight excluding hydrogens is 408 g/mol. The summed E-state index contributed by atoms with van der Waals surface area (Å²) in [5.74, 6) is 0.353. The number of carbonyl (C=O) groups excluding carboxylic acids is 2. The lowest BCUT2D eigenvalue weighted by Gasteiger charge is -2.09. The van der Waals surface area contributed by atoms with E-state index >= 15 is 0 Å². The lowest BCUT2D eigenvalue weighted by atomic mass is 10.1. The fourth-order valence-corrected chi connectivity index (χ4v) is 3.82. The Bertz CT molecular complexity index is 1370. The molecule has 1 fully saturated rings. The monoisotopic (exact) mass is 430 g/mol. The highest BCUT2D eigenvalue weighted by atomic mass is 16.5. The molecule has 3 N–H and O–H groups in total. The Morgan fingerprint density at radius 1 is 1.22 bits per heavy atom. The number of amides is 2. The molecule has 9 heteroatoms. The molecule has 5 rings (SSSR count). The predicted octanol–water partition coefficient (Wildman–Crippen LogP) is 3.31. The summed E-state index contributed by atoms with van der Waals surface area (Å²) in [6.45, 7) is 4.14. The molecule has 3 heterocycles. The van der Waals surface area contributed by atoms with Crippen molar-refractivity contribution in [3.63, 3.8) is 0 Å². The van der Waals surface area contributed by atoms with Gasteiger partial charge in [-0.3, -0.25) is 14.3 Å². The van der Waals surface area contributed by atoms with Crippen LogP contribution >= 0.6 is 0 Å². The first-order valence-electron chi connectivity index (χ1n) is 10.4. The van der Waals surface area contributed by atoms with E-state index in [1.165, 1.54) is 6.07 Å². The summed E-state index contributed by atoms with van der Waals surface area (Å²) in [7, 11) is 0. The van der Waals surface area contributed by atoms with Crippen molar-refractivity contribution in [3.05, 3.63) is 70.5 Å². The minimum atomic E-state index is -0.615. The summed E-state index contributed by atoms with van der Waals surface area (Å²) in [5, 5.41) is 12.2. The molecular formula is C23H22N6O3. The van der Waals surface area contributed by atoms with Crippen LogP contribution in [0, 0.1) is 13.8 Å². The summed E-state index contributed by atoms with van der Waals surface area (Å²) >= 11 is 0. The molecule has 3 aromatic heterocycles. The van der Waals surface area contributed by atoms with Crippen LogP contribution in [0.15, 0.2) is 40.9 Å². The summed E-state index contributed by atoms with van der Waals surface area (Å²) in [6, 6.07) is 10.5. The van der Waals surface area contributed by atoms with Gasteiger partial charge in [0, 0.05) is 17.4 Å². The van der Waals surface area contributed by atoms with Gasteiger partial charge in [-0.05, 0) is 38.8 Å². The molecule has 9 nitrogen and oxygen atoms in total. The van der Waals surface area contributed by atoms with Crippen molar-refractivity contribution >= 4 is 28.4 Å². The zero-order valence-corrected chi connectivity index (χ0v) is 17.8. The zero-order valence-electron chi connectivity index (χ0n) is 17.8. The van der Waals surface area contributed by atoms with E-state index in [2.05, 4.69) is 20.6 Å². The minimum absolute atomic E-state index is 0.106. The summed E-state index contributed by atoms with van der Waals surface area (Å²) in [5.41, 5.74) is 9.24. The largest absolute Gasteiger partial charge is 0.366 e. The first kappa shape index (κ1) is 19.9. The SMILES string of the molecule is Cc1nn(Cc2cc(C3CC3)on2)c(C)c1NC(=O)c1cc(C(N)=O)c2ccccc2n1. The van der Waals surface area contributed by atoms with Crippen molar-refractivity contribution in [1.82, 2.24) is 19.9 Å². The van der Waals surface area contributed by atoms with Crippen LogP contribution in [0.25, 0.3) is 10.9 Å². The normalized spacial score (nSPS) is 13.4. The Morgan fingerprint density at radius 3 is 2.75 bits per heavy atom. The van der Waals surface area contributed by atoms with Gasteiger partial charge in [0.15, 0.2) is 0 Å². The van der Waals surface area contributed by atoms with E-state index in [9.17, 15) is 9.59 Å². The van der Waals surface area contributed by atoms with Crippen LogP contribution in [0.1, 0.15) is 62.4 Å². The van der Waals surface area contributed by atoms with Crippen molar-refractivity contribution in [2.45, 2.75) is 39.2 Å². The lowest BCUT2D eigenvalue weighted by molar-refractivity contribution is 0.100. The number of para-hydroxylation sites is 1. The van der Waals surface area contributed by atoms with Crippen LogP contribution in [-0.4, -0.2) is 31.7 Å². The standard InChI is InChI=1S/C23H22N6O3/c1-12-21(13(2)29(27-12)11-15-9-20(32-28-15)14-7-8-14)26-23(31)19-10-17(22(24)30)16-5-3-4-6-18(16)25-19/h3-6,9-10,14H,7-8,11H2,1-2H3,(H2,24,30)(H,26,31). The van der Waals surface area contributed by atoms with Gasteiger partial charge >= 0.3 is 0 Å². The molecule has 1 aliphatic carbocycles. The number of nitrogens with one attached hydrogen (secondary N) is 1. The van der Waals surface area contributed by atoms with Gasteiger partial charge in [-0.25, -0.2) is 4.98 Å². The highest BCUT2D eigenvalue weighted by Gasteiger charge is 2.28. The molecule has 1 aromatic carbocycles. The second kappa shape index (κ2) is 7.60. The lowest BCUT2D eigenvalue weighted by Crippen LogP contribution is -2.18. The topological polar surface area (TPSA) is 129 Å². The number of rotatable bonds is 6. The van der Waals surface area contributed by atoms with Crippen LogP contribution in [-0.2, 0) is 6.54 Å². The maximum Gasteiger partial charge on any atom is 0.274 e. The Kier molecular flexibility index (Phi) is 4.73. The van der Waals surface area contributed by atoms with E-state index in [1.54, 1.807) is 28.9 Å². The van der Waals surface area contributed by atoms with Gasteiger partial charge in [-0.2, -0.15) is 5.10 Å². The van der Waals surface area contributed by atoms with Crippen LogP contribution in [0.3, 0.4) is 0 Å². The maximum atomic E-state index is 13.0. The quantitative estimate of drug-likeness (QED) is 0.483. The predicted molar refractivity (Wildman–Crippen MR) is 117 cm³/mol. The number of hydrogen-bond donors (Lipinski definition) is 2. The number of anilines is 1. The van der Waals surface area contributed by atoms with Crippen LogP contribution in [0.2, 0.25) is 0 Å². The fraction of sp³-hybridized carbons (Fsp3) is 0.261. The van der Waals surface area contributed by atoms with Gasteiger partial charge in [0.05, 0.1) is 34.7 Å². The Morgan fingerprint density at radius 2 is 2.00 bits per heavy atom. The second-order valence-corrected chi connectivity index (χ2v) is 8.09. The van der Waals surface area contributed by atoms with Gasteiger partial charge in [-0.1, -0.05) is 23.4 Å². The molecule has 4 aromatic rings. The molecule has 0 spiro atoms. The number of nitrogens with zero attached hydrogens (tertiary/aromatic N) is 4. The number of hydrogen-bond acceptors (Lipinski definition) is 6. The highest BCUT2D eigenvalue weighted by molar-refractivity contribution is 6.10. The van der Waals surface area contributed by atoms with Gasteiger partial charge in [0.1, 0.15) is 17.1 Å². The Hall–Kier alpha value is -4.01. The van der Waals surface area contributed by atoms with E-state index in [0.29, 0.717) is 34.7 Å². The van der Waals surface area contributed by atoms with Crippen LogP contribution < -0.4 is 11.1 Å². The third-order valence-corrected chi connectivity index (χ3v) is 5.70. The molecule has 162 valence electrons. The highest BCUT2D eigenvalue weighted by Crippen LogP contribution is 2.40. The average molecular weight is 430 g/mol. The molecule has 1 aliphatic rings. The van der Waals surface area contributed by atoms with Crippen molar-refractivity contribution in [2.75, 3.05) is 5.32 Å². The average Bonchev–Trinajstić information content (AvgIpc) is 3.48.